The van der Waals surface area contributed by atoms with Gasteiger partial charge in [0.05, 0.1) is 6.20 Å². The first-order chi connectivity index (χ1) is 14.2. The molecule has 0 saturated carbocycles. The molecule has 4 rings (SSSR count). The molecule has 0 N–H and O–H groups in total. The molecule has 0 amide bonds. The summed E-state index contributed by atoms with van der Waals surface area (Å²) >= 11 is 0. The van der Waals surface area contributed by atoms with Gasteiger partial charge in [0.15, 0.2) is 0 Å². The highest BCUT2D eigenvalue weighted by atomic mass is 16.5. The predicted molar refractivity (Wildman–Crippen MR) is 117 cm³/mol. The van der Waals surface area contributed by atoms with Crippen molar-refractivity contribution in [3.8, 4) is 11.5 Å². The maximum atomic E-state index is 6.08. The van der Waals surface area contributed by atoms with Crippen molar-refractivity contribution in [1.82, 2.24) is 19.7 Å². The molecular formula is C24H34N4O. The highest BCUT2D eigenvalue weighted by Crippen LogP contribution is 2.26. The SMILES string of the molecule is CC1CCC(C)N1CCN1CCN(Cc2ccccc2Oc2cccnc2)CC1. The number of piperazine rings is 1. The lowest BCUT2D eigenvalue weighted by Gasteiger charge is -2.36. The van der Waals surface area contributed by atoms with Crippen LogP contribution in [0.5, 0.6) is 11.5 Å². The van der Waals surface area contributed by atoms with Crippen molar-refractivity contribution in [2.45, 2.75) is 45.3 Å². The Bertz CT molecular complexity index is 750. The van der Waals surface area contributed by atoms with E-state index in [0.29, 0.717) is 0 Å². The summed E-state index contributed by atoms with van der Waals surface area (Å²) in [6.45, 7) is 12.7. The normalized spacial score (nSPS) is 24.1. The van der Waals surface area contributed by atoms with Gasteiger partial charge < -0.3 is 4.74 Å². The number of benzene rings is 1. The van der Waals surface area contributed by atoms with Crippen LogP contribution in [0.3, 0.4) is 0 Å². The van der Waals surface area contributed by atoms with E-state index >= 15 is 0 Å². The monoisotopic (exact) mass is 394 g/mol. The molecule has 2 fully saturated rings. The lowest BCUT2D eigenvalue weighted by molar-refractivity contribution is 0.105. The summed E-state index contributed by atoms with van der Waals surface area (Å²) in [7, 11) is 0. The zero-order valence-electron chi connectivity index (χ0n) is 17.8. The minimum absolute atomic E-state index is 0.752. The Morgan fingerprint density at radius 3 is 2.34 bits per heavy atom. The summed E-state index contributed by atoms with van der Waals surface area (Å²) < 4.78 is 6.08. The van der Waals surface area contributed by atoms with Crippen LogP contribution in [0.4, 0.5) is 0 Å². The van der Waals surface area contributed by atoms with Gasteiger partial charge in [-0.15, -0.1) is 0 Å². The molecule has 29 heavy (non-hydrogen) atoms. The summed E-state index contributed by atoms with van der Waals surface area (Å²) in [5.41, 5.74) is 1.24. The molecule has 2 saturated heterocycles. The summed E-state index contributed by atoms with van der Waals surface area (Å²) in [4.78, 5) is 12.0. The Morgan fingerprint density at radius 2 is 1.62 bits per heavy atom. The van der Waals surface area contributed by atoms with E-state index in [1.807, 2.05) is 18.2 Å². The van der Waals surface area contributed by atoms with E-state index in [4.69, 9.17) is 4.74 Å². The molecule has 2 aromatic rings. The third-order valence-corrected chi connectivity index (χ3v) is 6.50. The van der Waals surface area contributed by atoms with Crippen LogP contribution in [0.15, 0.2) is 48.8 Å². The van der Waals surface area contributed by atoms with Gasteiger partial charge in [-0.2, -0.15) is 0 Å². The minimum Gasteiger partial charge on any atom is -0.455 e. The van der Waals surface area contributed by atoms with Crippen molar-refractivity contribution < 1.29 is 4.74 Å². The molecule has 0 bridgehead atoms. The van der Waals surface area contributed by atoms with Gasteiger partial charge in [-0.05, 0) is 44.9 Å². The van der Waals surface area contributed by atoms with E-state index in [-0.39, 0.29) is 0 Å². The van der Waals surface area contributed by atoms with Crippen LogP contribution < -0.4 is 4.74 Å². The van der Waals surface area contributed by atoms with E-state index in [9.17, 15) is 0 Å². The van der Waals surface area contributed by atoms with Crippen molar-refractivity contribution in [3.05, 3.63) is 54.4 Å². The fourth-order valence-electron chi connectivity index (χ4n) is 4.63. The van der Waals surface area contributed by atoms with Crippen molar-refractivity contribution in [1.29, 1.82) is 0 Å². The van der Waals surface area contributed by atoms with E-state index in [0.717, 1.165) is 56.3 Å². The molecule has 0 spiro atoms. The van der Waals surface area contributed by atoms with Gasteiger partial charge in [-0.3, -0.25) is 19.7 Å². The van der Waals surface area contributed by atoms with E-state index in [1.54, 1.807) is 12.4 Å². The Labute approximate surface area is 175 Å². The number of para-hydroxylation sites is 1. The molecule has 5 nitrogen and oxygen atoms in total. The average molecular weight is 395 g/mol. The van der Waals surface area contributed by atoms with Crippen molar-refractivity contribution in [3.63, 3.8) is 0 Å². The smallest absolute Gasteiger partial charge is 0.145 e. The van der Waals surface area contributed by atoms with Crippen molar-refractivity contribution in [2.24, 2.45) is 0 Å². The second-order valence-corrected chi connectivity index (χ2v) is 8.53. The number of rotatable bonds is 7. The van der Waals surface area contributed by atoms with E-state index < -0.39 is 0 Å². The molecule has 2 aliphatic rings. The lowest BCUT2D eigenvalue weighted by Crippen LogP contribution is -2.48. The third kappa shape index (κ3) is 5.35. The number of likely N-dealkylation sites (tertiary alicyclic amines) is 1. The van der Waals surface area contributed by atoms with Crippen molar-refractivity contribution >= 4 is 0 Å². The quantitative estimate of drug-likeness (QED) is 0.712. The van der Waals surface area contributed by atoms with Gasteiger partial charge in [-0.25, -0.2) is 0 Å². The first kappa shape index (κ1) is 20.3. The molecule has 0 aliphatic carbocycles. The zero-order chi connectivity index (χ0) is 20.1. The summed E-state index contributed by atoms with van der Waals surface area (Å²) in [6, 6.07) is 13.7. The van der Waals surface area contributed by atoms with Gasteiger partial charge in [0.2, 0.25) is 0 Å². The highest BCUT2D eigenvalue weighted by Gasteiger charge is 2.27. The van der Waals surface area contributed by atoms with Gasteiger partial charge in [-0.1, -0.05) is 18.2 Å². The maximum Gasteiger partial charge on any atom is 0.145 e. The van der Waals surface area contributed by atoms with Crippen LogP contribution in [0, 0.1) is 0 Å². The Hall–Kier alpha value is -1.95. The molecular weight excluding hydrogens is 360 g/mol. The number of nitrogens with zero attached hydrogens (tertiary/aromatic N) is 4. The Balaban J connectivity index is 1.27. The highest BCUT2D eigenvalue weighted by molar-refractivity contribution is 5.37. The molecule has 5 heteroatoms. The molecule has 3 heterocycles. The predicted octanol–water partition coefficient (Wildman–Crippen LogP) is 3.86. The van der Waals surface area contributed by atoms with Crippen LogP contribution in [0.2, 0.25) is 0 Å². The first-order valence-corrected chi connectivity index (χ1v) is 11.1. The minimum atomic E-state index is 0.752. The largest absolute Gasteiger partial charge is 0.455 e. The molecule has 2 atom stereocenters. The number of aromatic nitrogens is 1. The molecule has 156 valence electrons. The van der Waals surface area contributed by atoms with Gasteiger partial charge in [0, 0.05) is 69.7 Å². The van der Waals surface area contributed by atoms with E-state index in [2.05, 4.69) is 51.7 Å². The summed E-state index contributed by atoms with van der Waals surface area (Å²) in [5, 5.41) is 0. The number of ether oxygens (including phenoxy) is 1. The Morgan fingerprint density at radius 1 is 0.897 bits per heavy atom. The van der Waals surface area contributed by atoms with Crippen LogP contribution in [-0.4, -0.2) is 71.0 Å². The Kier molecular flexibility index (Phi) is 6.80. The fourth-order valence-corrected chi connectivity index (χ4v) is 4.63. The molecule has 0 radical (unpaired) electrons. The second-order valence-electron chi connectivity index (χ2n) is 8.53. The van der Waals surface area contributed by atoms with Crippen LogP contribution in [0.25, 0.3) is 0 Å². The zero-order valence-corrected chi connectivity index (χ0v) is 17.8. The first-order valence-electron chi connectivity index (χ1n) is 11.1. The summed E-state index contributed by atoms with van der Waals surface area (Å²) in [6.07, 6.45) is 6.24. The van der Waals surface area contributed by atoms with Crippen LogP contribution in [0.1, 0.15) is 32.3 Å². The molecule has 2 unspecified atom stereocenters. The molecule has 1 aromatic heterocycles. The van der Waals surface area contributed by atoms with Gasteiger partial charge >= 0.3 is 0 Å². The molecule has 2 aliphatic heterocycles. The average Bonchev–Trinajstić information content (AvgIpc) is 3.07. The standard InChI is InChI=1S/C24H34N4O/c1-20-9-10-21(2)28(20)17-16-26-12-14-27(15-13-26)19-22-6-3-4-8-24(22)29-23-7-5-11-25-18-23/h3-8,11,18,20-21H,9-10,12-17,19H2,1-2H3. The lowest BCUT2D eigenvalue weighted by atomic mass is 10.1. The van der Waals surface area contributed by atoms with Crippen LogP contribution >= 0.6 is 0 Å². The fraction of sp³-hybridized carbons (Fsp3) is 0.542. The summed E-state index contributed by atoms with van der Waals surface area (Å²) in [5.74, 6) is 1.72. The van der Waals surface area contributed by atoms with Crippen LogP contribution in [-0.2, 0) is 6.54 Å². The third-order valence-electron chi connectivity index (χ3n) is 6.50. The topological polar surface area (TPSA) is 31.8 Å². The van der Waals surface area contributed by atoms with E-state index in [1.165, 1.54) is 31.5 Å². The van der Waals surface area contributed by atoms with Gasteiger partial charge in [0.1, 0.15) is 11.5 Å². The van der Waals surface area contributed by atoms with Crippen molar-refractivity contribution in [2.75, 3.05) is 39.3 Å². The number of hydrogen-bond acceptors (Lipinski definition) is 5. The van der Waals surface area contributed by atoms with Gasteiger partial charge in [0.25, 0.3) is 0 Å². The second kappa shape index (κ2) is 9.70. The number of pyridine rings is 1. The molecule has 1 aromatic carbocycles. The number of hydrogen-bond donors (Lipinski definition) is 0. The maximum absolute atomic E-state index is 6.08.